The number of aryl methyl sites for hydroxylation is 3. The Morgan fingerprint density at radius 1 is 0.685 bits per heavy atom. The van der Waals surface area contributed by atoms with Gasteiger partial charge in [-0.25, -0.2) is 9.97 Å². The first-order valence-electron chi connectivity index (χ1n) is 19.0. The predicted octanol–water partition coefficient (Wildman–Crippen LogP) is 10.9. The lowest BCUT2D eigenvalue weighted by Gasteiger charge is -2.22. The maximum atomic E-state index is 14.5. The highest BCUT2D eigenvalue weighted by Gasteiger charge is 2.31. The summed E-state index contributed by atoms with van der Waals surface area (Å²) in [6.07, 6.45) is 5.27. The molecular weight excluding hydrogens is 665 g/mol. The average molecular weight is 707 g/mol. The second-order valence-corrected chi connectivity index (χ2v) is 15.9. The van der Waals surface area contributed by atoms with Crippen LogP contribution >= 0.6 is 0 Å². The molecule has 8 aromatic rings. The fraction of sp³-hybridized carbons (Fsp3) is 0.213. The number of carbonyl (C=O) groups is 1. The Bertz CT molecular complexity index is 2780. The van der Waals surface area contributed by atoms with E-state index in [1.165, 1.54) is 35.3 Å². The van der Waals surface area contributed by atoms with E-state index in [2.05, 4.69) is 132 Å². The highest BCUT2D eigenvalue weighted by molar-refractivity contribution is 6.15. The first-order valence-corrected chi connectivity index (χ1v) is 19.0. The van der Waals surface area contributed by atoms with Gasteiger partial charge in [-0.05, 0) is 91.4 Å². The molecule has 10 rings (SSSR count). The number of rotatable bonds is 5. The number of aromatic nitrogens is 4. The molecule has 2 aliphatic heterocycles. The van der Waals surface area contributed by atoms with Gasteiger partial charge in [-0.2, -0.15) is 0 Å². The number of pyridine rings is 1. The van der Waals surface area contributed by atoms with Crippen LogP contribution in [0.15, 0.2) is 121 Å². The fourth-order valence-corrected chi connectivity index (χ4v) is 8.43. The van der Waals surface area contributed by atoms with Crippen LogP contribution < -0.4 is 9.80 Å². The van der Waals surface area contributed by atoms with Gasteiger partial charge in [-0.15, -0.1) is 0 Å². The quantitative estimate of drug-likeness (QED) is 0.167. The van der Waals surface area contributed by atoms with Gasteiger partial charge in [0.1, 0.15) is 18.3 Å². The third kappa shape index (κ3) is 5.21. The van der Waals surface area contributed by atoms with Gasteiger partial charge in [0.05, 0.1) is 33.4 Å². The Morgan fingerprint density at radius 2 is 1.46 bits per heavy atom. The number of ketones is 1. The molecule has 0 amide bonds. The number of nitrogens with zero attached hydrogens (tertiary/aromatic N) is 6. The molecule has 0 saturated heterocycles. The van der Waals surface area contributed by atoms with Gasteiger partial charge in [-0.3, -0.25) is 9.36 Å². The lowest BCUT2D eigenvalue weighted by Crippen LogP contribution is -2.24. The SMILES string of the molecule is Cc1ccc(N2CN(c3cccc(C(=O)c4ccc5c6ccccc6n(-c6cc(C(C)(C)C)ccn6)c5c4)c3)c3cc4nc5n(c4cc32)CCCC5)cc1. The van der Waals surface area contributed by atoms with Crippen molar-refractivity contribution in [2.75, 3.05) is 16.5 Å². The average Bonchev–Trinajstić information content (AvgIpc) is 3.86. The monoisotopic (exact) mass is 706 g/mol. The van der Waals surface area contributed by atoms with E-state index in [-0.39, 0.29) is 11.2 Å². The predicted molar refractivity (Wildman–Crippen MR) is 220 cm³/mol. The van der Waals surface area contributed by atoms with Crippen molar-refractivity contribution in [3.63, 3.8) is 0 Å². The largest absolute Gasteiger partial charge is 0.328 e. The van der Waals surface area contributed by atoms with Gasteiger partial charge in [0.2, 0.25) is 0 Å². The van der Waals surface area contributed by atoms with Crippen LogP contribution in [0.1, 0.15) is 66.5 Å². The minimum absolute atomic E-state index is 0.0148. The van der Waals surface area contributed by atoms with Crippen molar-refractivity contribution in [3.05, 3.63) is 150 Å². The summed E-state index contributed by atoms with van der Waals surface area (Å²) in [7, 11) is 0. The van der Waals surface area contributed by atoms with Crippen LogP contribution in [0.25, 0.3) is 38.7 Å². The van der Waals surface area contributed by atoms with Crippen LogP contribution in [-0.4, -0.2) is 31.6 Å². The molecule has 0 bridgehead atoms. The van der Waals surface area contributed by atoms with Gasteiger partial charge in [-0.1, -0.05) is 80.9 Å². The Morgan fingerprint density at radius 3 is 2.31 bits per heavy atom. The first-order chi connectivity index (χ1) is 26.2. The molecule has 0 fully saturated rings. The lowest BCUT2D eigenvalue weighted by molar-refractivity contribution is 0.103. The Kier molecular flexibility index (Phi) is 7.31. The molecule has 0 spiro atoms. The van der Waals surface area contributed by atoms with Gasteiger partial charge in [0.25, 0.3) is 0 Å². The Balaban J connectivity index is 1.06. The lowest BCUT2D eigenvalue weighted by atomic mass is 9.88. The zero-order valence-corrected chi connectivity index (χ0v) is 31.2. The van der Waals surface area contributed by atoms with E-state index in [9.17, 15) is 4.79 Å². The Labute approximate surface area is 315 Å². The highest BCUT2D eigenvalue weighted by Crippen LogP contribution is 2.47. The van der Waals surface area contributed by atoms with Gasteiger partial charge >= 0.3 is 0 Å². The first kappa shape index (κ1) is 32.4. The number of benzene rings is 5. The third-order valence-electron chi connectivity index (χ3n) is 11.4. The summed E-state index contributed by atoms with van der Waals surface area (Å²) in [4.78, 5) is 29.1. The third-order valence-corrected chi connectivity index (χ3v) is 11.4. The zero-order valence-electron chi connectivity index (χ0n) is 31.2. The van der Waals surface area contributed by atoms with Crippen molar-refractivity contribution in [3.8, 4) is 5.82 Å². The fourth-order valence-electron chi connectivity index (χ4n) is 8.43. The summed E-state index contributed by atoms with van der Waals surface area (Å²) in [6, 6.07) is 40.1. The zero-order chi connectivity index (χ0) is 36.7. The standard InChI is InChI=1S/C47H42N6O/c1-30-15-18-34(19-16-30)51-29-52(42-27-38-41(28-43(42)51)50-23-8-7-14-44(50)49-38)35-11-9-10-31(24-35)46(54)32-17-20-37-36-12-5-6-13-39(36)53(40(37)25-32)45-26-33(21-22-48-45)47(2,3)4/h5-6,9-13,15-22,24-28H,7-8,14,23,29H2,1-4H3. The van der Waals surface area contributed by atoms with Crippen molar-refractivity contribution in [1.29, 1.82) is 0 Å². The second-order valence-electron chi connectivity index (χ2n) is 15.9. The van der Waals surface area contributed by atoms with E-state index in [1.807, 2.05) is 36.5 Å². The van der Waals surface area contributed by atoms with Crippen LogP contribution in [-0.2, 0) is 18.4 Å². The molecule has 0 unspecified atom stereocenters. The molecule has 0 radical (unpaired) electrons. The van der Waals surface area contributed by atoms with Crippen molar-refractivity contribution in [2.45, 2.75) is 58.9 Å². The smallest absolute Gasteiger partial charge is 0.193 e. The second kappa shape index (κ2) is 12.2. The van der Waals surface area contributed by atoms with Crippen molar-refractivity contribution >= 4 is 61.4 Å². The summed E-state index contributed by atoms with van der Waals surface area (Å²) < 4.78 is 4.60. The van der Waals surface area contributed by atoms with E-state index in [0.29, 0.717) is 17.8 Å². The number of para-hydroxylation sites is 1. The molecule has 0 aliphatic carbocycles. The van der Waals surface area contributed by atoms with Crippen LogP contribution in [0.2, 0.25) is 0 Å². The highest BCUT2D eigenvalue weighted by atomic mass is 16.1. The number of anilines is 4. The molecule has 0 saturated carbocycles. The molecular formula is C47H42N6O. The summed E-state index contributed by atoms with van der Waals surface area (Å²) in [5.41, 5.74) is 12.3. The maximum Gasteiger partial charge on any atom is 0.193 e. The van der Waals surface area contributed by atoms with Gasteiger partial charge < -0.3 is 14.4 Å². The molecule has 5 aromatic carbocycles. The van der Waals surface area contributed by atoms with Crippen molar-refractivity contribution < 1.29 is 4.79 Å². The molecule has 5 heterocycles. The summed E-state index contributed by atoms with van der Waals surface area (Å²) in [5.74, 6) is 2.01. The molecule has 3 aromatic heterocycles. The summed E-state index contributed by atoms with van der Waals surface area (Å²) >= 11 is 0. The van der Waals surface area contributed by atoms with Crippen molar-refractivity contribution in [2.24, 2.45) is 0 Å². The van der Waals surface area contributed by atoms with Crippen LogP contribution in [0.3, 0.4) is 0 Å². The maximum absolute atomic E-state index is 14.5. The molecule has 266 valence electrons. The molecule has 0 N–H and O–H groups in total. The van der Waals surface area contributed by atoms with Gasteiger partial charge in [0, 0.05) is 52.4 Å². The minimum Gasteiger partial charge on any atom is -0.328 e. The topological polar surface area (TPSA) is 59.2 Å². The van der Waals surface area contributed by atoms with Crippen molar-refractivity contribution in [1.82, 2.24) is 19.1 Å². The number of hydrogen-bond acceptors (Lipinski definition) is 5. The van der Waals surface area contributed by atoms with E-state index in [4.69, 9.17) is 9.97 Å². The number of fused-ring (bicyclic) bond motifs is 7. The summed E-state index contributed by atoms with van der Waals surface area (Å²) in [6.45, 7) is 10.4. The molecule has 2 aliphatic rings. The number of hydrogen-bond donors (Lipinski definition) is 0. The van der Waals surface area contributed by atoms with Crippen LogP contribution in [0.5, 0.6) is 0 Å². The van der Waals surface area contributed by atoms with Gasteiger partial charge in [0.15, 0.2) is 5.78 Å². The van der Waals surface area contributed by atoms with Crippen LogP contribution in [0, 0.1) is 6.92 Å². The minimum atomic E-state index is -0.0281. The van der Waals surface area contributed by atoms with E-state index in [1.54, 1.807) is 0 Å². The molecule has 0 atom stereocenters. The van der Waals surface area contributed by atoms with Crippen LogP contribution in [0.4, 0.5) is 22.7 Å². The van der Waals surface area contributed by atoms with E-state index < -0.39 is 0 Å². The van der Waals surface area contributed by atoms with E-state index >= 15 is 0 Å². The summed E-state index contributed by atoms with van der Waals surface area (Å²) in [5, 5.41) is 2.23. The number of carbonyl (C=O) groups excluding carboxylic acids is 1. The van der Waals surface area contributed by atoms with E-state index in [0.717, 1.165) is 68.9 Å². The Hall–Kier alpha value is -6.21. The molecule has 54 heavy (non-hydrogen) atoms. The molecule has 7 heteroatoms. The molecule has 7 nitrogen and oxygen atoms in total. The normalized spacial score (nSPS) is 14.3. The number of imidazole rings is 1.